The number of anilines is 1. The summed E-state index contributed by atoms with van der Waals surface area (Å²) in [5.41, 5.74) is 7.69. The van der Waals surface area contributed by atoms with Gasteiger partial charge >= 0.3 is 0 Å². The standard InChI is InChI=1S/C13H14BrN3O/c1-18-8-10-7-12(15)17-13(16-10)6-9-4-2-3-5-11(9)14/h2-5,7H,6,8H2,1H3,(H2,15,16,17). The molecule has 18 heavy (non-hydrogen) atoms. The lowest BCUT2D eigenvalue weighted by molar-refractivity contribution is 0.181. The van der Waals surface area contributed by atoms with Crippen molar-refractivity contribution in [3.8, 4) is 0 Å². The number of nitrogens with two attached hydrogens (primary N) is 1. The minimum atomic E-state index is 0.440. The molecule has 2 N–H and O–H groups in total. The van der Waals surface area contributed by atoms with Crippen molar-refractivity contribution in [1.82, 2.24) is 9.97 Å². The lowest BCUT2D eigenvalue weighted by Crippen LogP contribution is -2.05. The zero-order chi connectivity index (χ0) is 13.0. The van der Waals surface area contributed by atoms with Crippen molar-refractivity contribution in [3.63, 3.8) is 0 Å². The molecular weight excluding hydrogens is 294 g/mol. The Kier molecular flexibility index (Phi) is 4.28. The van der Waals surface area contributed by atoms with Crippen LogP contribution in [0.2, 0.25) is 0 Å². The fraction of sp³-hybridized carbons (Fsp3) is 0.231. The molecule has 0 fully saturated rings. The highest BCUT2D eigenvalue weighted by Crippen LogP contribution is 2.18. The second-order valence-electron chi connectivity index (χ2n) is 3.90. The number of hydrogen-bond donors (Lipinski definition) is 1. The molecule has 1 aromatic carbocycles. The first kappa shape index (κ1) is 13.0. The molecule has 0 aliphatic carbocycles. The van der Waals surface area contributed by atoms with Gasteiger partial charge in [-0.2, -0.15) is 0 Å². The van der Waals surface area contributed by atoms with Crippen LogP contribution >= 0.6 is 15.9 Å². The van der Waals surface area contributed by atoms with E-state index in [-0.39, 0.29) is 0 Å². The van der Waals surface area contributed by atoms with Crippen LogP contribution in [0.25, 0.3) is 0 Å². The van der Waals surface area contributed by atoms with Crippen LogP contribution in [0.15, 0.2) is 34.8 Å². The number of nitrogens with zero attached hydrogens (tertiary/aromatic N) is 2. The van der Waals surface area contributed by atoms with Crippen molar-refractivity contribution in [2.45, 2.75) is 13.0 Å². The predicted octanol–water partition coefficient (Wildman–Crippen LogP) is 2.56. The lowest BCUT2D eigenvalue weighted by Gasteiger charge is -2.06. The normalized spacial score (nSPS) is 10.6. The number of rotatable bonds is 4. The molecule has 1 aromatic heterocycles. The van der Waals surface area contributed by atoms with E-state index < -0.39 is 0 Å². The average molecular weight is 308 g/mol. The van der Waals surface area contributed by atoms with Gasteiger partial charge in [-0.25, -0.2) is 9.97 Å². The zero-order valence-electron chi connectivity index (χ0n) is 10.1. The number of nitrogen functional groups attached to an aromatic ring is 1. The number of methoxy groups -OCH3 is 1. The van der Waals surface area contributed by atoms with Crippen LogP contribution in [0.5, 0.6) is 0 Å². The third-order valence-corrected chi connectivity index (χ3v) is 3.22. The van der Waals surface area contributed by atoms with Crippen molar-refractivity contribution in [1.29, 1.82) is 0 Å². The van der Waals surface area contributed by atoms with Gasteiger partial charge in [-0.15, -0.1) is 0 Å². The third-order valence-electron chi connectivity index (χ3n) is 2.44. The van der Waals surface area contributed by atoms with Crippen molar-refractivity contribution in [2.24, 2.45) is 0 Å². The van der Waals surface area contributed by atoms with Crippen LogP contribution in [0.1, 0.15) is 17.1 Å². The molecular formula is C13H14BrN3O. The fourth-order valence-electron chi connectivity index (χ4n) is 1.69. The summed E-state index contributed by atoms with van der Waals surface area (Å²) in [7, 11) is 1.63. The van der Waals surface area contributed by atoms with Crippen molar-refractivity contribution >= 4 is 21.7 Å². The Bertz CT molecular complexity index is 546. The van der Waals surface area contributed by atoms with E-state index in [4.69, 9.17) is 10.5 Å². The molecule has 2 aromatic rings. The quantitative estimate of drug-likeness (QED) is 0.943. The highest BCUT2D eigenvalue weighted by Gasteiger charge is 2.06. The van der Waals surface area contributed by atoms with Crippen LogP contribution < -0.4 is 5.73 Å². The maximum Gasteiger partial charge on any atom is 0.135 e. The summed E-state index contributed by atoms with van der Waals surface area (Å²) in [4.78, 5) is 8.67. The zero-order valence-corrected chi connectivity index (χ0v) is 11.6. The summed E-state index contributed by atoms with van der Waals surface area (Å²) < 4.78 is 6.10. The minimum absolute atomic E-state index is 0.440. The Labute approximate surface area is 114 Å². The SMILES string of the molecule is COCc1cc(N)nc(Cc2ccccc2Br)n1. The van der Waals surface area contributed by atoms with Gasteiger partial charge in [-0.05, 0) is 11.6 Å². The van der Waals surface area contributed by atoms with E-state index in [0.29, 0.717) is 24.7 Å². The van der Waals surface area contributed by atoms with Crippen LogP contribution in [0.3, 0.4) is 0 Å². The first-order valence-electron chi connectivity index (χ1n) is 5.53. The molecule has 0 radical (unpaired) electrons. The second kappa shape index (κ2) is 5.93. The molecule has 0 saturated heterocycles. The molecule has 5 heteroatoms. The molecule has 0 amide bonds. The van der Waals surface area contributed by atoms with Crippen LogP contribution in [0.4, 0.5) is 5.82 Å². The Balaban J connectivity index is 2.26. The topological polar surface area (TPSA) is 61.0 Å². The van der Waals surface area contributed by atoms with Crippen LogP contribution in [0, 0.1) is 0 Å². The van der Waals surface area contributed by atoms with Gasteiger partial charge in [0.15, 0.2) is 0 Å². The van der Waals surface area contributed by atoms with E-state index in [1.165, 1.54) is 0 Å². The molecule has 1 heterocycles. The van der Waals surface area contributed by atoms with Gasteiger partial charge in [-0.1, -0.05) is 34.1 Å². The third kappa shape index (κ3) is 3.27. The molecule has 0 saturated carbocycles. The summed E-state index contributed by atoms with van der Waals surface area (Å²) in [6.07, 6.45) is 0.642. The van der Waals surface area contributed by atoms with Crippen LogP contribution in [-0.4, -0.2) is 17.1 Å². The van der Waals surface area contributed by atoms with Gasteiger partial charge in [0.1, 0.15) is 11.6 Å². The Morgan fingerprint density at radius 2 is 2.06 bits per heavy atom. The first-order valence-corrected chi connectivity index (χ1v) is 6.33. The van der Waals surface area contributed by atoms with Crippen molar-refractivity contribution in [2.75, 3.05) is 12.8 Å². The smallest absolute Gasteiger partial charge is 0.135 e. The predicted molar refractivity (Wildman–Crippen MR) is 74.1 cm³/mol. The molecule has 0 spiro atoms. The van der Waals surface area contributed by atoms with Gasteiger partial charge in [-0.3, -0.25) is 0 Å². The van der Waals surface area contributed by atoms with Gasteiger partial charge in [0.2, 0.25) is 0 Å². The highest BCUT2D eigenvalue weighted by atomic mass is 79.9. The van der Waals surface area contributed by atoms with E-state index >= 15 is 0 Å². The molecule has 94 valence electrons. The monoisotopic (exact) mass is 307 g/mol. The molecule has 2 rings (SSSR count). The fourth-order valence-corrected chi connectivity index (χ4v) is 2.11. The number of halogens is 1. The van der Waals surface area contributed by atoms with E-state index in [9.17, 15) is 0 Å². The second-order valence-corrected chi connectivity index (χ2v) is 4.76. The van der Waals surface area contributed by atoms with Crippen molar-refractivity contribution in [3.05, 3.63) is 51.9 Å². The summed E-state index contributed by atoms with van der Waals surface area (Å²) >= 11 is 3.51. The van der Waals surface area contributed by atoms with Gasteiger partial charge in [0.25, 0.3) is 0 Å². The Morgan fingerprint density at radius 1 is 1.28 bits per heavy atom. The minimum Gasteiger partial charge on any atom is -0.384 e. The molecule has 0 atom stereocenters. The first-order chi connectivity index (χ1) is 8.69. The highest BCUT2D eigenvalue weighted by molar-refractivity contribution is 9.10. The Hall–Kier alpha value is -1.46. The molecule has 0 aliphatic heterocycles. The maximum absolute atomic E-state index is 5.76. The number of benzene rings is 1. The van der Waals surface area contributed by atoms with E-state index in [1.54, 1.807) is 13.2 Å². The summed E-state index contributed by atoms with van der Waals surface area (Å²) in [5, 5.41) is 0. The number of hydrogen-bond acceptors (Lipinski definition) is 4. The number of ether oxygens (including phenoxy) is 1. The molecule has 0 aliphatic rings. The van der Waals surface area contributed by atoms with E-state index in [2.05, 4.69) is 25.9 Å². The van der Waals surface area contributed by atoms with E-state index in [1.807, 2.05) is 24.3 Å². The van der Waals surface area contributed by atoms with Gasteiger partial charge < -0.3 is 10.5 Å². The Morgan fingerprint density at radius 3 is 2.78 bits per heavy atom. The lowest BCUT2D eigenvalue weighted by atomic mass is 10.1. The molecule has 0 bridgehead atoms. The largest absolute Gasteiger partial charge is 0.384 e. The van der Waals surface area contributed by atoms with Gasteiger partial charge in [0.05, 0.1) is 12.3 Å². The van der Waals surface area contributed by atoms with E-state index in [0.717, 1.165) is 15.7 Å². The molecule has 0 unspecified atom stereocenters. The van der Waals surface area contributed by atoms with Crippen molar-refractivity contribution < 1.29 is 4.74 Å². The molecule has 4 nitrogen and oxygen atoms in total. The summed E-state index contributed by atoms with van der Waals surface area (Å²) in [6, 6.07) is 9.73. The maximum atomic E-state index is 5.76. The summed E-state index contributed by atoms with van der Waals surface area (Å²) in [5.74, 6) is 1.17. The van der Waals surface area contributed by atoms with Crippen LogP contribution in [-0.2, 0) is 17.8 Å². The van der Waals surface area contributed by atoms with Gasteiger partial charge in [0, 0.05) is 24.1 Å². The number of aromatic nitrogens is 2. The average Bonchev–Trinajstić information content (AvgIpc) is 2.32. The summed E-state index contributed by atoms with van der Waals surface area (Å²) in [6.45, 7) is 0.440.